The third-order valence-corrected chi connectivity index (χ3v) is 3.88. The molecule has 0 aromatic rings. The summed E-state index contributed by atoms with van der Waals surface area (Å²) in [5, 5.41) is 0.427. The van der Waals surface area contributed by atoms with Crippen molar-refractivity contribution >= 4 is 11.6 Å². The Hall–Kier alpha value is 0.210. The zero-order valence-corrected chi connectivity index (χ0v) is 9.67. The lowest BCUT2D eigenvalue weighted by Gasteiger charge is -2.36. The van der Waals surface area contributed by atoms with Gasteiger partial charge >= 0.3 is 0 Å². The maximum absolute atomic E-state index is 6.22. The summed E-state index contributed by atoms with van der Waals surface area (Å²) in [5.41, 5.74) is 0. The van der Waals surface area contributed by atoms with Crippen LogP contribution in [0.5, 0.6) is 0 Å². The van der Waals surface area contributed by atoms with Crippen molar-refractivity contribution in [3.8, 4) is 0 Å². The fourth-order valence-corrected chi connectivity index (χ4v) is 3.30. The van der Waals surface area contributed by atoms with Crippen molar-refractivity contribution in [2.24, 2.45) is 0 Å². The third kappa shape index (κ3) is 2.23. The number of rotatable bonds is 4. The first-order valence-corrected chi connectivity index (χ1v) is 6.22. The second-order valence-electron chi connectivity index (χ2n) is 4.39. The van der Waals surface area contributed by atoms with Crippen LogP contribution in [0.3, 0.4) is 0 Å². The van der Waals surface area contributed by atoms with Crippen molar-refractivity contribution in [3.05, 3.63) is 0 Å². The van der Waals surface area contributed by atoms with E-state index in [0.29, 0.717) is 5.38 Å². The van der Waals surface area contributed by atoms with E-state index in [1.165, 1.54) is 25.7 Å². The molecule has 14 heavy (non-hydrogen) atoms. The predicted octanol–water partition coefficient (Wildman–Crippen LogP) is 2.26. The van der Waals surface area contributed by atoms with E-state index in [0.717, 1.165) is 31.8 Å². The van der Waals surface area contributed by atoms with Gasteiger partial charge in [0.2, 0.25) is 0 Å². The normalized spacial score (nSPS) is 37.7. The van der Waals surface area contributed by atoms with E-state index >= 15 is 0 Å². The fourth-order valence-electron chi connectivity index (χ4n) is 2.89. The van der Waals surface area contributed by atoms with E-state index in [2.05, 4.69) is 11.8 Å². The van der Waals surface area contributed by atoms with Crippen LogP contribution in [0.2, 0.25) is 0 Å². The molecule has 2 unspecified atom stereocenters. The van der Waals surface area contributed by atoms with Crippen molar-refractivity contribution in [1.82, 2.24) is 4.90 Å². The number of piperidine rings is 1. The summed E-state index contributed by atoms with van der Waals surface area (Å²) in [7, 11) is 0. The van der Waals surface area contributed by atoms with E-state index in [-0.39, 0.29) is 0 Å². The lowest BCUT2D eigenvalue weighted by atomic mass is 10.0. The second-order valence-corrected chi connectivity index (χ2v) is 5.01. The van der Waals surface area contributed by atoms with E-state index in [1.54, 1.807) is 0 Å². The molecule has 3 heteroatoms. The Balaban J connectivity index is 1.82. The third-order valence-electron chi connectivity index (χ3n) is 3.52. The molecule has 0 radical (unpaired) electrons. The Bertz CT molecular complexity index is 174. The molecule has 2 saturated heterocycles. The molecule has 0 aliphatic carbocycles. The smallest absolute Gasteiger partial charge is 0.0593 e. The van der Waals surface area contributed by atoms with Gasteiger partial charge in [0.1, 0.15) is 0 Å². The van der Waals surface area contributed by atoms with Crippen LogP contribution in [-0.4, -0.2) is 42.1 Å². The van der Waals surface area contributed by atoms with Gasteiger partial charge in [0.05, 0.1) is 6.61 Å². The molecule has 2 fully saturated rings. The van der Waals surface area contributed by atoms with Crippen LogP contribution in [0.4, 0.5) is 0 Å². The highest BCUT2D eigenvalue weighted by Gasteiger charge is 2.39. The average molecular weight is 218 g/mol. The maximum Gasteiger partial charge on any atom is 0.0593 e. The lowest BCUT2D eigenvalue weighted by molar-refractivity contribution is 0.0740. The molecule has 2 rings (SSSR count). The summed E-state index contributed by atoms with van der Waals surface area (Å²) in [6.07, 6.45) is 5.06. The van der Waals surface area contributed by atoms with Gasteiger partial charge in [0.25, 0.3) is 0 Å². The SMILES string of the molecule is CCOCCN1C2CCC1CC(Cl)C2. The largest absolute Gasteiger partial charge is 0.380 e. The molecular formula is C11H20ClNO. The average Bonchev–Trinajstić information content (AvgIpc) is 2.42. The van der Waals surface area contributed by atoms with Gasteiger partial charge in [-0.05, 0) is 32.6 Å². The topological polar surface area (TPSA) is 12.5 Å². The first kappa shape index (κ1) is 10.7. The first-order chi connectivity index (χ1) is 6.81. The van der Waals surface area contributed by atoms with Gasteiger partial charge in [-0.1, -0.05) is 0 Å². The molecule has 2 bridgehead atoms. The summed E-state index contributed by atoms with van der Waals surface area (Å²) in [6.45, 7) is 4.88. The number of halogens is 1. The number of alkyl halides is 1. The minimum atomic E-state index is 0.427. The van der Waals surface area contributed by atoms with Gasteiger partial charge in [-0.3, -0.25) is 4.90 Å². The number of fused-ring (bicyclic) bond motifs is 2. The maximum atomic E-state index is 6.22. The summed E-state index contributed by atoms with van der Waals surface area (Å²) in [4.78, 5) is 2.62. The van der Waals surface area contributed by atoms with E-state index in [9.17, 15) is 0 Å². The molecular weight excluding hydrogens is 198 g/mol. The minimum Gasteiger partial charge on any atom is -0.380 e. The molecule has 2 heterocycles. The predicted molar refractivity (Wildman–Crippen MR) is 58.9 cm³/mol. The van der Waals surface area contributed by atoms with Crippen LogP contribution in [0, 0.1) is 0 Å². The second kappa shape index (κ2) is 4.82. The molecule has 2 nitrogen and oxygen atoms in total. The summed E-state index contributed by atoms with van der Waals surface area (Å²) in [6, 6.07) is 1.49. The number of ether oxygens (including phenoxy) is 1. The van der Waals surface area contributed by atoms with Gasteiger partial charge in [0, 0.05) is 30.6 Å². The Morgan fingerprint density at radius 1 is 1.29 bits per heavy atom. The van der Waals surface area contributed by atoms with Crippen LogP contribution in [-0.2, 0) is 4.74 Å². The van der Waals surface area contributed by atoms with Crippen molar-refractivity contribution in [1.29, 1.82) is 0 Å². The van der Waals surface area contributed by atoms with Crippen molar-refractivity contribution in [3.63, 3.8) is 0 Å². The number of hydrogen-bond donors (Lipinski definition) is 0. The molecule has 2 aliphatic heterocycles. The van der Waals surface area contributed by atoms with Crippen molar-refractivity contribution < 1.29 is 4.74 Å². The number of hydrogen-bond acceptors (Lipinski definition) is 2. The quantitative estimate of drug-likeness (QED) is 0.529. The van der Waals surface area contributed by atoms with Gasteiger partial charge in [0.15, 0.2) is 0 Å². The first-order valence-electron chi connectivity index (χ1n) is 5.78. The van der Waals surface area contributed by atoms with Crippen LogP contribution >= 0.6 is 11.6 Å². The van der Waals surface area contributed by atoms with Gasteiger partial charge in [-0.25, -0.2) is 0 Å². The number of nitrogens with zero attached hydrogens (tertiary/aromatic N) is 1. The molecule has 0 saturated carbocycles. The highest BCUT2D eigenvalue weighted by molar-refractivity contribution is 6.20. The molecule has 0 aromatic heterocycles. The Morgan fingerprint density at radius 2 is 1.93 bits per heavy atom. The molecule has 2 aliphatic rings. The van der Waals surface area contributed by atoms with Gasteiger partial charge in [-0.2, -0.15) is 0 Å². The van der Waals surface area contributed by atoms with E-state index in [1.807, 2.05) is 0 Å². The monoisotopic (exact) mass is 217 g/mol. The van der Waals surface area contributed by atoms with Gasteiger partial charge < -0.3 is 4.74 Å². The van der Waals surface area contributed by atoms with Gasteiger partial charge in [-0.15, -0.1) is 11.6 Å². The molecule has 0 amide bonds. The Morgan fingerprint density at radius 3 is 2.50 bits per heavy atom. The van der Waals surface area contributed by atoms with Crippen LogP contribution in [0.1, 0.15) is 32.6 Å². The standard InChI is InChI=1S/C11H20ClNO/c1-2-14-6-5-13-10-3-4-11(13)8-9(12)7-10/h9-11H,2-8H2,1H3. The Labute approximate surface area is 91.6 Å². The minimum absolute atomic E-state index is 0.427. The molecule has 0 spiro atoms. The van der Waals surface area contributed by atoms with Crippen LogP contribution in [0.15, 0.2) is 0 Å². The summed E-state index contributed by atoms with van der Waals surface area (Å²) in [5.74, 6) is 0. The summed E-state index contributed by atoms with van der Waals surface area (Å²) >= 11 is 6.22. The van der Waals surface area contributed by atoms with Crippen LogP contribution in [0.25, 0.3) is 0 Å². The van der Waals surface area contributed by atoms with Crippen molar-refractivity contribution in [2.75, 3.05) is 19.8 Å². The molecule has 82 valence electrons. The summed E-state index contributed by atoms with van der Waals surface area (Å²) < 4.78 is 5.41. The zero-order chi connectivity index (χ0) is 9.97. The lowest BCUT2D eigenvalue weighted by Crippen LogP contribution is -2.44. The zero-order valence-electron chi connectivity index (χ0n) is 8.92. The van der Waals surface area contributed by atoms with Crippen molar-refractivity contribution in [2.45, 2.75) is 50.1 Å². The molecule has 0 N–H and O–H groups in total. The highest BCUT2D eigenvalue weighted by atomic mass is 35.5. The van der Waals surface area contributed by atoms with E-state index in [4.69, 9.17) is 16.3 Å². The fraction of sp³-hybridized carbons (Fsp3) is 1.00. The molecule has 2 atom stereocenters. The highest BCUT2D eigenvalue weighted by Crippen LogP contribution is 2.37. The van der Waals surface area contributed by atoms with E-state index < -0.39 is 0 Å². The van der Waals surface area contributed by atoms with Crippen LogP contribution < -0.4 is 0 Å². The Kier molecular flexibility index (Phi) is 3.69. The molecule has 0 aromatic carbocycles.